The molecule has 0 atom stereocenters. The third-order valence-corrected chi connectivity index (χ3v) is 1.91. The lowest BCUT2D eigenvalue weighted by Gasteiger charge is -1.97. The molecular formula is C6H2BrF2N3. The minimum atomic E-state index is -0.794. The smallest absolute Gasteiger partial charge is 0.140 e. The minimum absolute atomic E-state index is 0.0401. The van der Waals surface area contributed by atoms with Crippen LogP contribution in [0, 0.1) is 11.6 Å². The maximum absolute atomic E-state index is 12.7. The molecule has 0 amide bonds. The maximum atomic E-state index is 12.7. The van der Waals surface area contributed by atoms with Gasteiger partial charge >= 0.3 is 0 Å². The van der Waals surface area contributed by atoms with Gasteiger partial charge in [0.1, 0.15) is 11.6 Å². The van der Waals surface area contributed by atoms with E-state index in [1.807, 2.05) is 0 Å². The second-order valence-corrected chi connectivity index (χ2v) is 2.70. The fraction of sp³-hybridized carbons (Fsp3) is 0. The third kappa shape index (κ3) is 1.72. The van der Waals surface area contributed by atoms with Gasteiger partial charge in [-0.3, -0.25) is 0 Å². The van der Waals surface area contributed by atoms with Crippen molar-refractivity contribution >= 4 is 21.6 Å². The average molecular weight is 234 g/mol. The van der Waals surface area contributed by atoms with Gasteiger partial charge in [0.05, 0.1) is 10.2 Å². The Labute approximate surface area is 74.8 Å². The Bertz CT molecular complexity index is 360. The zero-order valence-electron chi connectivity index (χ0n) is 5.63. The lowest BCUT2D eigenvalue weighted by atomic mass is 10.3. The van der Waals surface area contributed by atoms with Crippen molar-refractivity contribution in [1.82, 2.24) is 0 Å². The Morgan fingerprint density at radius 2 is 2.08 bits per heavy atom. The first-order chi connectivity index (χ1) is 5.65. The molecule has 0 aromatic heterocycles. The van der Waals surface area contributed by atoms with Crippen LogP contribution in [0.15, 0.2) is 21.7 Å². The van der Waals surface area contributed by atoms with Crippen LogP contribution >= 0.6 is 15.9 Å². The van der Waals surface area contributed by atoms with Crippen molar-refractivity contribution in [3.8, 4) is 0 Å². The van der Waals surface area contributed by atoms with E-state index in [0.717, 1.165) is 6.07 Å². The zero-order chi connectivity index (χ0) is 9.14. The summed E-state index contributed by atoms with van der Waals surface area (Å²) in [6.07, 6.45) is 0. The highest BCUT2D eigenvalue weighted by molar-refractivity contribution is 9.10. The predicted octanol–water partition coefficient (Wildman–Crippen LogP) is 3.67. The predicted molar refractivity (Wildman–Crippen MR) is 42.9 cm³/mol. The highest BCUT2D eigenvalue weighted by Crippen LogP contribution is 2.29. The molecule has 0 saturated heterocycles. The molecule has 0 radical (unpaired) electrons. The van der Waals surface area contributed by atoms with Crippen molar-refractivity contribution in [2.75, 3.05) is 0 Å². The van der Waals surface area contributed by atoms with E-state index >= 15 is 0 Å². The van der Waals surface area contributed by atoms with Gasteiger partial charge in [0, 0.05) is 11.0 Å². The Morgan fingerprint density at radius 3 is 2.67 bits per heavy atom. The molecule has 0 aliphatic heterocycles. The van der Waals surface area contributed by atoms with Gasteiger partial charge in [-0.1, -0.05) is 5.11 Å². The molecule has 0 aliphatic carbocycles. The number of benzene rings is 1. The molecule has 6 heteroatoms. The molecule has 0 aliphatic rings. The molecule has 0 unspecified atom stereocenters. The molecular weight excluding hydrogens is 232 g/mol. The van der Waals surface area contributed by atoms with Gasteiger partial charge in [0.15, 0.2) is 0 Å². The molecule has 0 heterocycles. The minimum Gasteiger partial charge on any atom is -0.207 e. The molecule has 0 saturated carbocycles. The summed E-state index contributed by atoms with van der Waals surface area (Å²) < 4.78 is 25.1. The second kappa shape index (κ2) is 3.51. The standard InChI is InChI=1S/C6H2BrF2N3/c7-6-4(9)1-3(8)2-5(6)11-12-10/h1-2H. The van der Waals surface area contributed by atoms with Crippen molar-refractivity contribution in [2.24, 2.45) is 5.11 Å². The fourth-order valence-electron chi connectivity index (χ4n) is 0.663. The first kappa shape index (κ1) is 8.96. The quantitative estimate of drug-likeness (QED) is 0.308. The van der Waals surface area contributed by atoms with E-state index < -0.39 is 11.6 Å². The largest absolute Gasteiger partial charge is 0.207 e. The zero-order valence-corrected chi connectivity index (χ0v) is 7.22. The highest BCUT2D eigenvalue weighted by atomic mass is 79.9. The summed E-state index contributed by atoms with van der Waals surface area (Å²) in [5.74, 6) is -1.57. The van der Waals surface area contributed by atoms with Crippen molar-refractivity contribution in [3.05, 3.63) is 38.7 Å². The van der Waals surface area contributed by atoms with Crippen molar-refractivity contribution in [2.45, 2.75) is 0 Å². The van der Waals surface area contributed by atoms with E-state index in [-0.39, 0.29) is 10.2 Å². The van der Waals surface area contributed by atoms with E-state index in [0.29, 0.717) is 6.07 Å². The average Bonchev–Trinajstić information content (AvgIpc) is 2.00. The van der Waals surface area contributed by atoms with E-state index in [4.69, 9.17) is 5.53 Å². The SMILES string of the molecule is [N-]=[N+]=Nc1cc(F)cc(F)c1Br. The van der Waals surface area contributed by atoms with Gasteiger partial charge in [0.2, 0.25) is 0 Å². The molecule has 1 aromatic carbocycles. The summed E-state index contributed by atoms with van der Waals surface area (Å²) in [7, 11) is 0. The summed E-state index contributed by atoms with van der Waals surface area (Å²) in [6.45, 7) is 0. The molecule has 1 rings (SSSR count). The molecule has 0 fully saturated rings. The molecule has 0 N–H and O–H groups in total. The summed E-state index contributed by atoms with van der Waals surface area (Å²) in [6, 6.07) is 1.63. The van der Waals surface area contributed by atoms with Crippen LogP contribution in [-0.4, -0.2) is 0 Å². The molecule has 1 aromatic rings. The van der Waals surface area contributed by atoms with Gasteiger partial charge < -0.3 is 0 Å². The van der Waals surface area contributed by atoms with Gasteiger partial charge in [-0.25, -0.2) is 8.78 Å². The Balaban J connectivity index is 3.36. The van der Waals surface area contributed by atoms with Gasteiger partial charge in [-0.15, -0.1) is 0 Å². The third-order valence-electron chi connectivity index (χ3n) is 1.13. The lowest BCUT2D eigenvalue weighted by molar-refractivity contribution is 0.579. The summed E-state index contributed by atoms with van der Waals surface area (Å²) in [5.41, 5.74) is 7.92. The maximum Gasteiger partial charge on any atom is 0.140 e. The first-order valence-electron chi connectivity index (χ1n) is 2.85. The fourth-order valence-corrected chi connectivity index (χ4v) is 0.972. The van der Waals surface area contributed by atoms with Crippen LogP contribution in [0.4, 0.5) is 14.5 Å². The second-order valence-electron chi connectivity index (χ2n) is 1.91. The van der Waals surface area contributed by atoms with Crippen LogP contribution < -0.4 is 0 Å². The van der Waals surface area contributed by atoms with E-state index in [1.165, 1.54) is 0 Å². The number of rotatable bonds is 1. The molecule has 0 bridgehead atoms. The normalized spacial score (nSPS) is 9.25. The number of azide groups is 1. The van der Waals surface area contributed by atoms with Crippen molar-refractivity contribution < 1.29 is 8.78 Å². The number of halogens is 3. The van der Waals surface area contributed by atoms with Crippen molar-refractivity contribution in [1.29, 1.82) is 0 Å². The van der Waals surface area contributed by atoms with E-state index in [9.17, 15) is 8.78 Å². The molecule has 0 spiro atoms. The monoisotopic (exact) mass is 233 g/mol. The summed E-state index contributed by atoms with van der Waals surface area (Å²) in [4.78, 5) is 2.41. The van der Waals surface area contributed by atoms with Gasteiger partial charge in [-0.2, -0.15) is 0 Å². The Hall–Kier alpha value is -1.13. The van der Waals surface area contributed by atoms with Crippen LogP contribution in [0.25, 0.3) is 10.4 Å². The van der Waals surface area contributed by atoms with Crippen LogP contribution in [0.1, 0.15) is 0 Å². The lowest BCUT2D eigenvalue weighted by Crippen LogP contribution is -1.80. The number of hydrogen-bond donors (Lipinski definition) is 0. The van der Waals surface area contributed by atoms with E-state index in [1.54, 1.807) is 0 Å². The van der Waals surface area contributed by atoms with Crippen LogP contribution in [0.2, 0.25) is 0 Å². The topological polar surface area (TPSA) is 48.8 Å². The molecule has 12 heavy (non-hydrogen) atoms. The summed E-state index contributed by atoms with van der Waals surface area (Å²) >= 11 is 2.81. The van der Waals surface area contributed by atoms with Crippen LogP contribution in [-0.2, 0) is 0 Å². The van der Waals surface area contributed by atoms with Crippen LogP contribution in [0.5, 0.6) is 0 Å². The van der Waals surface area contributed by atoms with Crippen LogP contribution in [0.3, 0.4) is 0 Å². The Morgan fingerprint density at radius 1 is 1.42 bits per heavy atom. The number of nitrogens with zero attached hydrogens (tertiary/aromatic N) is 3. The van der Waals surface area contributed by atoms with E-state index in [2.05, 4.69) is 26.0 Å². The Kier molecular flexibility index (Phi) is 2.62. The van der Waals surface area contributed by atoms with Gasteiger partial charge in [0.25, 0.3) is 0 Å². The summed E-state index contributed by atoms with van der Waals surface area (Å²) in [5, 5.41) is 3.08. The number of hydrogen-bond acceptors (Lipinski definition) is 1. The van der Waals surface area contributed by atoms with Gasteiger partial charge in [-0.05, 0) is 27.5 Å². The van der Waals surface area contributed by atoms with Crippen molar-refractivity contribution in [3.63, 3.8) is 0 Å². The first-order valence-corrected chi connectivity index (χ1v) is 3.64. The molecule has 3 nitrogen and oxygen atoms in total. The highest BCUT2D eigenvalue weighted by Gasteiger charge is 2.06. The molecule has 62 valence electrons.